The third-order valence-electron chi connectivity index (χ3n) is 3.49. The molecule has 21 heavy (non-hydrogen) atoms. The predicted molar refractivity (Wildman–Crippen MR) is 82.6 cm³/mol. The lowest BCUT2D eigenvalue weighted by atomic mass is 10.2. The van der Waals surface area contributed by atoms with Gasteiger partial charge in [-0.05, 0) is 26.0 Å². The smallest absolute Gasteiger partial charge is 0.174 e. The molecular weight excluding hydrogens is 268 g/mol. The summed E-state index contributed by atoms with van der Waals surface area (Å²) in [7, 11) is 2.01. The minimum Gasteiger partial charge on any atom is -0.351 e. The van der Waals surface area contributed by atoms with Crippen molar-refractivity contribution < 1.29 is 9.47 Å². The Kier molecular flexibility index (Phi) is 5.69. The highest BCUT2D eigenvalue weighted by Gasteiger charge is 2.23. The number of para-hydroxylation sites is 2. The van der Waals surface area contributed by atoms with Crippen molar-refractivity contribution in [3.63, 3.8) is 0 Å². The van der Waals surface area contributed by atoms with Crippen LogP contribution in [0.4, 0.5) is 0 Å². The minimum atomic E-state index is -0.384. The van der Waals surface area contributed by atoms with Gasteiger partial charge in [0.25, 0.3) is 0 Å². The maximum Gasteiger partial charge on any atom is 0.174 e. The van der Waals surface area contributed by atoms with Crippen LogP contribution in [0.15, 0.2) is 24.3 Å². The van der Waals surface area contributed by atoms with Crippen LogP contribution in [-0.4, -0.2) is 35.1 Å². The van der Waals surface area contributed by atoms with Gasteiger partial charge < -0.3 is 14.0 Å². The number of aromatic nitrogens is 2. The molecule has 0 bridgehead atoms. The molecule has 2 aromatic rings. The summed E-state index contributed by atoms with van der Waals surface area (Å²) in [5, 5.41) is 0. The van der Waals surface area contributed by atoms with E-state index in [2.05, 4.69) is 21.0 Å². The number of nitrogens with one attached hydrogen (secondary N) is 1. The molecule has 0 saturated heterocycles. The largest absolute Gasteiger partial charge is 0.351 e. The number of hydrazine groups is 1. The summed E-state index contributed by atoms with van der Waals surface area (Å²) in [4.78, 5) is 4.66. The van der Waals surface area contributed by atoms with Crippen molar-refractivity contribution in [1.29, 1.82) is 0 Å². The van der Waals surface area contributed by atoms with Crippen LogP contribution in [0, 0.1) is 0 Å². The van der Waals surface area contributed by atoms with Crippen LogP contribution >= 0.6 is 0 Å². The highest BCUT2D eigenvalue weighted by atomic mass is 16.7. The first kappa shape index (κ1) is 15.9. The lowest BCUT2D eigenvalue weighted by Crippen LogP contribution is -2.48. The topological polar surface area (TPSA) is 74.3 Å². The Morgan fingerprint density at radius 3 is 2.48 bits per heavy atom. The summed E-state index contributed by atoms with van der Waals surface area (Å²) in [6, 6.07) is 7.91. The molecule has 0 amide bonds. The lowest BCUT2D eigenvalue weighted by molar-refractivity contribution is -0.154. The summed E-state index contributed by atoms with van der Waals surface area (Å²) in [6.45, 7) is 5.03. The van der Waals surface area contributed by atoms with Gasteiger partial charge in [-0.3, -0.25) is 11.3 Å². The number of hydrogen-bond donors (Lipinski definition) is 2. The first-order valence-electron chi connectivity index (χ1n) is 7.30. The van der Waals surface area contributed by atoms with Gasteiger partial charge in [0.05, 0.1) is 17.1 Å². The molecule has 2 rings (SSSR count). The Hall–Kier alpha value is -1.47. The third-order valence-corrected chi connectivity index (χ3v) is 3.49. The number of hydrogen-bond acceptors (Lipinski definition) is 5. The van der Waals surface area contributed by atoms with Crippen molar-refractivity contribution in [1.82, 2.24) is 15.0 Å². The van der Waals surface area contributed by atoms with Crippen molar-refractivity contribution in [2.75, 3.05) is 13.2 Å². The number of rotatable bonds is 8. The van der Waals surface area contributed by atoms with Crippen molar-refractivity contribution >= 4 is 11.0 Å². The van der Waals surface area contributed by atoms with Crippen LogP contribution in [0.3, 0.4) is 0 Å². The van der Waals surface area contributed by atoms with Crippen molar-refractivity contribution in [2.24, 2.45) is 12.9 Å². The van der Waals surface area contributed by atoms with E-state index in [1.54, 1.807) is 0 Å². The first-order valence-corrected chi connectivity index (χ1v) is 7.30. The first-order chi connectivity index (χ1) is 10.2. The van der Waals surface area contributed by atoms with Crippen LogP contribution in [0.25, 0.3) is 11.0 Å². The molecule has 116 valence electrons. The molecule has 1 atom stereocenters. The summed E-state index contributed by atoms with van der Waals surface area (Å²) in [6.07, 6.45) is 0.247. The third kappa shape index (κ3) is 3.59. The minimum absolute atomic E-state index is 0.152. The standard InChI is InChI=1S/C15H24N4O2/c1-4-20-15(21-5-2)12(18-16)10-14-17-11-8-6-7-9-13(11)19(14)3/h6-9,12,15,18H,4-5,10,16H2,1-3H3. The van der Waals surface area contributed by atoms with E-state index in [1.807, 2.05) is 39.1 Å². The molecule has 0 saturated carbocycles. The van der Waals surface area contributed by atoms with Crippen molar-refractivity contribution in [2.45, 2.75) is 32.6 Å². The quantitative estimate of drug-likeness (QED) is 0.436. The Bertz CT molecular complexity index is 564. The average Bonchev–Trinajstić information content (AvgIpc) is 2.81. The number of nitrogens with zero attached hydrogens (tertiary/aromatic N) is 2. The predicted octanol–water partition coefficient (Wildman–Crippen LogP) is 1.35. The molecule has 3 N–H and O–H groups in total. The molecule has 6 heteroatoms. The van der Waals surface area contributed by atoms with E-state index in [9.17, 15) is 0 Å². The number of aryl methyl sites for hydroxylation is 1. The fourth-order valence-corrected chi connectivity index (χ4v) is 2.42. The van der Waals surface area contributed by atoms with Crippen LogP contribution in [-0.2, 0) is 22.9 Å². The molecule has 0 radical (unpaired) electrons. The Labute approximate surface area is 125 Å². The fraction of sp³-hybridized carbons (Fsp3) is 0.533. The molecule has 0 aliphatic rings. The Balaban J connectivity index is 2.21. The zero-order chi connectivity index (χ0) is 15.2. The fourth-order valence-electron chi connectivity index (χ4n) is 2.42. The molecule has 1 heterocycles. The molecule has 1 unspecified atom stereocenters. The summed E-state index contributed by atoms with van der Waals surface area (Å²) < 4.78 is 13.3. The van der Waals surface area contributed by atoms with E-state index < -0.39 is 0 Å². The molecule has 0 aliphatic heterocycles. The average molecular weight is 292 g/mol. The maximum absolute atomic E-state index is 5.68. The lowest BCUT2D eigenvalue weighted by Gasteiger charge is -2.25. The molecule has 0 aliphatic carbocycles. The molecule has 0 spiro atoms. The normalized spacial score (nSPS) is 13.2. The number of benzene rings is 1. The molecule has 0 fully saturated rings. The SMILES string of the molecule is CCOC(OCC)C(Cc1nc2ccccc2n1C)NN. The number of fused-ring (bicyclic) bond motifs is 1. The molecule has 1 aromatic heterocycles. The van der Waals surface area contributed by atoms with E-state index in [4.69, 9.17) is 15.3 Å². The van der Waals surface area contributed by atoms with Gasteiger partial charge in [0.1, 0.15) is 5.82 Å². The number of imidazole rings is 1. The van der Waals surface area contributed by atoms with E-state index >= 15 is 0 Å². The molecular formula is C15H24N4O2. The van der Waals surface area contributed by atoms with Gasteiger partial charge in [0.2, 0.25) is 0 Å². The second-order valence-corrected chi connectivity index (χ2v) is 4.83. The zero-order valence-electron chi connectivity index (χ0n) is 12.9. The molecule has 1 aromatic carbocycles. The van der Waals surface area contributed by atoms with E-state index in [0.29, 0.717) is 19.6 Å². The number of ether oxygens (including phenoxy) is 2. The van der Waals surface area contributed by atoms with Gasteiger partial charge in [-0.15, -0.1) is 0 Å². The number of nitrogens with two attached hydrogens (primary N) is 1. The van der Waals surface area contributed by atoms with Gasteiger partial charge in [-0.1, -0.05) is 12.1 Å². The second kappa shape index (κ2) is 7.51. The Morgan fingerprint density at radius 2 is 1.90 bits per heavy atom. The zero-order valence-corrected chi connectivity index (χ0v) is 12.9. The van der Waals surface area contributed by atoms with Crippen LogP contribution < -0.4 is 11.3 Å². The Morgan fingerprint density at radius 1 is 1.24 bits per heavy atom. The van der Waals surface area contributed by atoms with E-state index in [1.165, 1.54) is 0 Å². The summed E-state index contributed by atoms with van der Waals surface area (Å²) >= 11 is 0. The summed E-state index contributed by atoms with van der Waals surface area (Å²) in [5.74, 6) is 6.63. The maximum atomic E-state index is 5.68. The van der Waals surface area contributed by atoms with Gasteiger partial charge in [-0.25, -0.2) is 4.98 Å². The van der Waals surface area contributed by atoms with Crippen LogP contribution in [0.1, 0.15) is 19.7 Å². The highest BCUT2D eigenvalue weighted by molar-refractivity contribution is 5.75. The summed E-state index contributed by atoms with van der Waals surface area (Å²) in [5.41, 5.74) is 4.87. The van der Waals surface area contributed by atoms with E-state index in [-0.39, 0.29) is 12.3 Å². The van der Waals surface area contributed by atoms with Gasteiger partial charge in [0.15, 0.2) is 6.29 Å². The van der Waals surface area contributed by atoms with E-state index in [0.717, 1.165) is 16.9 Å². The van der Waals surface area contributed by atoms with Crippen LogP contribution in [0.2, 0.25) is 0 Å². The van der Waals surface area contributed by atoms with Crippen LogP contribution in [0.5, 0.6) is 0 Å². The van der Waals surface area contributed by atoms with Gasteiger partial charge in [0, 0.05) is 26.7 Å². The highest BCUT2D eigenvalue weighted by Crippen LogP contribution is 2.16. The van der Waals surface area contributed by atoms with Crippen molar-refractivity contribution in [3.8, 4) is 0 Å². The molecule has 6 nitrogen and oxygen atoms in total. The second-order valence-electron chi connectivity index (χ2n) is 4.83. The van der Waals surface area contributed by atoms with Gasteiger partial charge >= 0.3 is 0 Å². The van der Waals surface area contributed by atoms with Gasteiger partial charge in [-0.2, -0.15) is 0 Å². The monoisotopic (exact) mass is 292 g/mol. The van der Waals surface area contributed by atoms with Crippen molar-refractivity contribution in [3.05, 3.63) is 30.1 Å².